The van der Waals surface area contributed by atoms with Crippen molar-refractivity contribution in [2.45, 2.75) is 19.5 Å². The van der Waals surface area contributed by atoms with Gasteiger partial charge < -0.3 is 19.9 Å². The van der Waals surface area contributed by atoms with Gasteiger partial charge in [0.25, 0.3) is 0 Å². The number of ether oxygens (including phenoxy) is 2. The molecule has 2 N–H and O–H groups in total. The van der Waals surface area contributed by atoms with Gasteiger partial charge in [-0.2, -0.15) is 11.3 Å². The van der Waals surface area contributed by atoms with Crippen LogP contribution in [0.3, 0.4) is 0 Å². The molecule has 1 atom stereocenters. The van der Waals surface area contributed by atoms with Crippen LogP contribution >= 0.6 is 11.3 Å². The van der Waals surface area contributed by atoms with E-state index in [2.05, 4.69) is 29.1 Å². The Kier molecular flexibility index (Phi) is 3.31. The molecule has 2 aromatic rings. The molecule has 4 nitrogen and oxygen atoms in total. The Morgan fingerprint density at radius 2 is 2.16 bits per heavy atom. The van der Waals surface area contributed by atoms with Gasteiger partial charge in [-0.05, 0) is 35.4 Å². The molecule has 19 heavy (non-hydrogen) atoms. The van der Waals surface area contributed by atoms with E-state index < -0.39 is 0 Å². The van der Waals surface area contributed by atoms with Crippen LogP contribution in [0.1, 0.15) is 24.1 Å². The van der Waals surface area contributed by atoms with Crippen molar-refractivity contribution in [3.63, 3.8) is 0 Å². The van der Waals surface area contributed by atoms with Gasteiger partial charge in [0.15, 0.2) is 11.5 Å². The molecule has 1 aliphatic heterocycles. The third kappa shape index (κ3) is 2.52. The minimum atomic E-state index is 0.219. The zero-order valence-electron chi connectivity index (χ0n) is 10.6. The van der Waals surface area contributed by atoms with Gasteiger partial charge in [-0.15, -0.1) is 0 Å². The second kappa shape index (κ2) is 5.11. The number of aromatic hydroxyl groups is 1. The first-order valence-corrected chi connectivity index (χ1v) is 7.05. The number of rotatable bonds is 4. The van der Waals surface area contributed by atoms with Crippen LogP contribution < -0.4 is 14.8 Å². The average Bonchev–Trinajstić information content (AvgIpc) is 3.06. The van der Waals surface area contributed by atoms with Gasteiger partial charge in [-0.25, -0.2) is 0 Å². The monoisotopic (exact) mass is 277 g/mol. The highest BCUT2D eigenvalue weighted by atomic mass is 32.1. The lowest BCUT2D eigenvalue weighted by molar-refractivity contribution is 0.174. The summed E-state index contributed by atoms with van der Waals surface area (Å²) < 4.78 is 10.5. The lowest BCUT2D eigenvalue weighted by Gasteiger charge is -2.13. The molecule has 1 aromatic heterocycles. The van der Waals surface area contributed by atoms with Crippen LogP contribution in [-0.4, -0.2) is 11.9 Å². The molecule has 1 aliphatic rings. The van der Waals surface area contributed by atoms with Crippen LogP contribution in [0.4, 0.5) is 0 Å². The van der Waals surface area contributed by atoms with Crippen LogP contribution in [0, 0.1) is 0 Å². The molecule has 0 aliphatic carbocycles. The van der Waals surface area contributed by atoms with Crippen LogP contribution in [0.15, 0.2) is 29.0 Å². The number of nitrogens with one attached hydrogen (secondary N) is 1. The molecule has 3 rings (SSSR count). The summed E-state index contributed by atoms with van der Waals surface area (Å²) in [5.41, 5.74) is 2.07. The zero-order chi connectivity index (χ0) is 13.2. The highest BCUT2D eigenvalue weighted by Gasteiger charge is 2.17. The first-order chi connectivity index (χ1) is 9.24. The summed E-state index contributed by atoms with van der Waals surface area (Å²) in [6, 6.07) is 5.78. The number of hydrogen-bond donors (Lipinski definition) is 2. The molecule has 0 amide bonds. The fourth-order valence-electron chi connectivity index (χ4n) is 2.02. The Balaban J connectivity index is 1.70. The minimum Gasteiger partial charge on any atom is -0.507 e. The number of phenolic OH excluding ortho intramolecular Hbond substituents is 1. The Morgan fingerprint density at radius 1 is 1.37 bits per heavy atom. The summed E-state index contributed by atoms with van der Waals surface area (Å²) >= 11 is 1.68. The van der Waals surface area contributed by atoms with Crippen molar-refractivity contribution in [1.29, 1.82) is 0 Å². The van der Waals surface area contributed by atoms with E-state index in [0.717, 1.165) is 5.56 Å². The minimum absolute atomic E-state index is 0.219. The second-order valence-electron chi connectivity index (χ2n) is 4.49. The standard InChI is InChI=1S/C14H15NO3S/c1-9(10-2-3-19-7-10)15-6-11-4-13-14(5-12(11)16)18-8-17-13/h2-5,7,9,15-16H,6,8H2,1H3. The van der Waals surface area contributed by atoms with Gasteiger partial charge in [0.05, 0.1) is 0 Å². The molecule has 100 valence electrons. The maximum Gasteiger partial charge on any atom is 0.231 e. The first kappa shape index (κ1) is 12.3. The van der Waals surface area contributed by atoms with E-state index in [1.165, 1.54) is 5.56 Å². The Morgan fingerprint density at radius 3 is 2.89 bits per heavy atom. The third-order valence-corrected chi connectivity index (χ3v) is 3.92. The fourth-order valence-corrected chi connectivity index (χ4v) is 2.77. The summed E-state index contributed by atoms with van der Waals surface area (Å²) in [5.74, 6) is 1.53. The molecular weight excluding hydrogens is 262 g/mol. The topological polar surface area (TPSA) is 50.7 Å². The maximum atomic E-state index is 9.94. The van der Waals surface area contributed by atoms with Gasteiger partial charge in [0, 0.05) is 24.2 Å². The first-order valence-electron chi connectivity index (χ1n) is 6.11. The molecule has 1 aromatic carbocycles. The molecule has 0 spiro atoms. The van der Waals surface area contributed by atoms with Crippen molar-refractivity contribution >= 4 is 11.3 Å². The van der Waals surface area contributed by atoms with Crippen molar-refractivity contribution in [2.24, 2.45) is 0 Å². The molecule has 0 fully saturated rings. The quantitative estimate of drug-likeness (QED) is 0.902. The molecule has 0 saturated carbocycles. The molecule has 5 heteroatoms. The van der Waals surface area contributed by atoms with Crippen molar-refractivity contribution in [3.05, 3.63) is 40.1 Å². The Bertz CT molecular complexity index is 568. The zero-order valence-corrected chi connectivity index (χ0v) is 11.4. The molecular formula is C14H15NO3S. The van der Waals surface area contributed by atoms with Gasteiger partial charge in [0.2, 0.25) is 6.79 Å². The van der Waals surface area contributed by atoms with E-state index in [1.54, 1.807) is 17.4 Å². The SMILES string of the molecule is CC(NCc1cc2c(cc1O)OCO2)c1ccsc1. The lowest BCUT2D eigenvalue weighted by atomic mass is 10.1. The maximum absolute atomic E-state index is 9.94. The van der Waals surface area contributed by atoms with Gasteiger partial charge in [-0.1, -0.05) is 0 Å². The van der Waals surface area contributed by atoms with E-state index in [-0.39, 0.29) is 18.6 Å². The van der Waals surface area contributed by atoms with E-state index in [4.69, 9.17) is 9.47 Å². The molecule has 0 radical (unpaired) electrons. The van der Waals surface area contributed by atoms with E-state index in [1.807, 2.05) is 6.07 Å². The number of phenols is 1. The van der Waals surface area contributed by atoms with E-state index >= 15 is 0 Å². The molecule has 0 bridgehead atoms. The Hall–Kier alpha value is -1.72. The highest BCUT2D eigenvalue weighted by Crippen LogP contribution is 2.37. The molecule has 0 saturated heterocycles. The normalized spacial score (nSPS) is 14.6. The third-order valence-electron chi connectivity index (χ3n) is 3.22. The highest BCUT2D eigenvalue weighted by molar-refractivity contribution is 7.07. The average molecular weight is 277 g/mol. The summed E-state index contributed by atoms with van der Waals surface area (Å²) in [6.45, 7) is 2.91. The molecule has 2 heterocycles. The van der Waals surface area contributed by atoms with Crippen molar-refractivity contribution in [1.82, 2.24) is 5.32 Å². The van der Waals surface area contributed by atoms with Crippen LogP contribution in [0.2, 0.25) is 0 Å². The number of benzene rings is 1. The smallest absolute Gasteiger partial charge is 0.231 e. The largest absolute Gasteiger partial charge is 0.507 e. The second-order valence-corrected chi connectivity index (χ2v) is 5.27. The Labute approximate surface area is 115 Å². The fraction of sp³-hybridized carbons (Fsp3) is 0.286. The van der Waals surface area contributed by atoms with E-state index in [0.29, 0.717) is 18.0 Å². The predicted molar refractivity (Wildman–Crippen MR) is 73.8 cm³/mol. The van der Waals surface area contributed by atoms with Crippen molar-refractivity contribution in [2.75, 3.05) is 6.79 Å². The van der Waals surface area contributed by atoms with Crippen LogP contribution in [0.25, 0.3) is 0 Å². The van der Waals surface area contributed by atoms with Gasteiger partial charge >= 0.3 is 0 Å². The van der Waals surface area contributed by atoms with Crippen LogP contribution in [0.5, 0.6) is 17.2 Å². The summed E-state index contributed by atoms with van der Waals surface area (Å²) in [7, 11) is 0. The number of hydrogen-bond acceptors (Lipinski definition) is 5. The summed E-state index contributed by atoms with van der Waals surface area (Å²) in [4.78, 5) is 0. The molecule has 1 unspecified atom stereocenters. The predicted octanol–water partition coefficient (Wildman–Crippen LogP) is 3.03. The van der Waals surface area contributed by atoms with Crippen molar-refractivity contribution < 1.29 is 14.6 Å². The number of thiophene rings is 1. The van der Waals surface area contributed by atoms with E-state index in [9.17, 15) is 5.11 Å². The summed E-state index contributed by atoms with van der Waals surface area (Å²) in [5, 5.41) is 17.5. The van der Waals surface area contributed by atoms with Gasteiger partial charge in [-0.3, -0.25) is 0 Å². The van der Waals surface area contributed by atoms with Crippen LogP contribution in [-0.2, 0) is 6.54 Å². The lowest BCUT2D eigenvalue weighted by Crippen LogP contribution is -2.17. The van der Waals surface area contributed by atoms with Gasteiger partial charge in [0.1, 0.15) is 5.75 Å². The summed E-state index contributed by atoms with van der Waals surface area (Å²) in [6.07, 6.45) is 0. The number of fused-ring (bicyclic) bond motifs is 1. The van der Waals surface area contributed by atoms with Crippen molar-refractivity contribution in [3.8, 4) is 17.2 Å².